The third-order valence-corrected chi connectivity index (χ3v) is 10.9. The van der Waals surface area contributed by atoms with Crippen LogP contribution in [0, 0.1) is 0 Å². The minimum Gasteiger partial charge on any atom is -0.493 e. The van der Waals surface area contributed by atoms with Crippen molar-refractivity contribution in [3.63, 3.8) is 0 Å². The van der Waals surface area contributed by atoms with Crippen molar-refractivity contribution >= 4 is 0 Å². The van der Waals surface area contributed by atoms with Crippen LogP contribution in [0.5, 0.6) is 51.7 Å². The molecule has 2 heterocycles. The highest BCUT2D eigenvalue weighted by Crippen LogP contribution is 2.60. The Morgan fingerprint density at radius 1 is 0.608 bits per heavy atom. The summed E-state index contributed by atoms with van der Waals surface area (Å²) in [6.45, 7) is 1.85. The number of likely N-dealkylation sites (N-methyl/N-ethyl adjacent to an activating group) is 2. The maximum absolute atomic E-state index is 6.82. The Morgan fingerprint density at radius 3 is 1.90 bits per heavy atom. The Balaban J connectivity index is 1.28. The van der Waals surface area contributed by atoms with E-state index in [0.29, 0.717) is 40.9 Å². The third-order valence-electron chi connectivity index (χ3n) is 10.9. The molecule has 10 nitrogen and oxygen atoms in total. The zero-order chi connectivity index (χ0) is 36.0. The van der Waals surface area contributed by atoms with E-state index >= 15 is 0 Å². The van der Waals surface area contributed by atoms with Crippen molar-refractivity contribution < 1.29 is 37.9 Å². The lowest BCUT2D eigenvalue weighted by atomic mass is 9.75. The van der Waals surface area contributed by atoms with E-state index in [1.54, 1.807) is 49.8 Å². The summed E-state index contributed by atoms with van der Waals surface area (Å²) < 4.78 is 48.0. The number of rotatable bonds is 11. The summed E-state index contributed by atoms with van der Waals surface area (Å²) in [6.07, 6.45) is 3.35. The van der Waals surface area contributed by atoms with Gasteiger partial charge in [0, 0.05) is 41.9 Å². The molecular formula is C41H48N2O8. The Kier molecular flexibility index (Phi) is 9.56. The Labute approximate surface area is 300 Å². The first-order valence-electron chi connectivity index (χ1n) is 17.3. The van der Waals surface area contributed by atoms with Crippen LogP contribution in [-0.2, 0) is 25.7 Å². The summed E-state index contributed by atoms with van der Waals surface area (Å²) >= 11 is 0. The van der Waals surface area contributed by atoms with Crippen LogP contribution < -0.4 is 37.9 Å². The number of benzene rings is 4. The molecule has 3 aliphatic rings. The number of fused-ring (bicyclic) bond motifs is 3. The molecule has 4 aromatic rings. The van der Waals surface area contributed by atoms with E-state index in [9.17, 15) is 0 Å². The summed E-state index contributed by atoms with van der Waals surface area (Å²) in [4.78, 5) is 4.80. The second kappa shape index (κ2) is 14.1. The van der Waals surface area contributed by atoms with Gasteiger partial charge in [-0.05, 0) is 97.9 Å². The average molecular weight is 697 g/mol. The molecule has 0 saturated heterocycles. The molecule has 1 aliphatic carbocycles. The van der Waals surface area contributed by atoms with Crippen LogP contribution in [0.3, 0.4) is 0 Å². The molecule has 0 spiro atoms. The quantitative estimate of drug-likeness (QED) is 0.163. The lowest BCUT2D eigenvalue weighted by Gasteiger charge is -2.41. The molecule has 51 heavy (non-hydrogen) atoms. The van der Waals surface area contributed by atoms with Gasteiger partial charge in [-0.15, -0.1) is 0 Å². The van der Waals surface area contributed by atoms with Crippen molar-refractivity contribution in [2.75, 3.05) is 77.0 Å². The van der Waals surface area contributed by atoms with Crippen molar-refractivity contribution in [3.8, 4) is 62.9 Å². The third kappa shape index (κ3) is 5.74. The molecule has 2 aliphatic heterocycles. The Morgan fingerprint density at radius 2 is 1.25 bits per heavy atom. The minimum atomic E-state index is 0.0711. The highest BCUT2D eigenvalue weighted by molar-refractivity contribution is 5.89. The van der Waals surface area contributed by atoms with Crippen LogP contribution in [0.15, 0.2) is 42.5 Å². The highest BCUT2D eigenvalue weighted by Gasteiger charge is 2.41. The summed E-state index contributed by atoms with van der Waals surface area (Å²) in [7, 11) is 16.0. The van der Waals surface area contributed by atoms with Gasteiger partial charge in [0.25, 0.3) is 0 Å². The topological polar surface area (TPSA) is 80.3 Å². The molecule has 0 saturated carbocycles. The molecule has 0 radical (unpaired) electrons. The van der Waals surface area contributed by atoms with Crippen LogP contribution in [0.25, 0.3) is 11.1 Å². The molecule has 4 aromatic carbocycles. The largest absolute Gasteiger partial charge is 0.493 e. The molecule has 10 heteroatoms. The maximum Gasteiger partial charge on any atom is 0.204 e. The standard InChI is InChI=1S/C41H48N2O8/c1-42-16-14-24-19-32(44-3)33(45-4)21-27(24)30(42)18-23-10-12-25(13-11-23)51-38-29-20-31-35-26(15-17-43(31)2)37(47-6)41(50-9)40(49-8)36(35)28(29)22-34(46-5)39(38)48-7/h10-13,19,21-22,30-31H,14-18,20H2,1-9H3/t30-,31-/m0/s1. The van der Waals surface area contributed by atoms with Gasteiger partial charge in [0.15, 0.2) is 34.5 Å². The van der Waals surface area contributed by atoms with Gasteiger partial charge in [0.05, 0.1) is 49.8 Å². The second-order valence-corrected chi connectivity index (χ2v) is 13.4. The lowest BCUT2D eigenvalue weighted by molar-refractivity contribution is 0.220. The normalized spacial score (nSPS) is 17.8. The van der Waals surface area contributed by atoms with Crippen molar-refractivity contribution in [2.45, 2.75) is 37.8 Å². The van der Waals surface area contributed by atoms with Gasteiger partial charge in [-0.3, -0.25) is 9.80 Å². The van der Waals surface area contributed by atoms with E-state index in [0.717, 1.165) is 71.9 Å². The van der Waals surface area contributed by atoms with Crippen LogP contribution in [0.1, 0.15) is 45.5 Å². The van der Waals surface area contributed by atoms with Gasteiger partial charge >= 0.3 is 0 Å². The SMILES string of the molecule is COc1cc2c(cc1OC)[C@H](Cc1ccc(Oc3c4c(cc(OC)c3OC)-c3c(OC)c(OC)c(OC)c5c3[C@H](C4)N(C)CC5)cc1)N(C)CC2. The van der Waals surface area contributed by atoms with E-state index in [1.165, 1.54) is 22.3 Å². The zero-order valence-electron chi connectivity index (χ0n) is 31.1. The van der Waals surface area contributed by atoms with E-state index in [1.807, 2.05) is 18.2 Å². The summed E-state index contributed by atoms with van der Waals surface area (Å²) in [5.41, 5.74) is 9.07. The molecule has 270 valence electrons. The molecule has 7 rings (SSSR count). The van der Waals surface area contributed by atoms with Crippen molar-refractivity contribution in [3.05, 3.63) is 75.8 Å². The molecule has 2 atom stereocenters. The number of hydrogen-bond acceptors (Lipinski definition) is 10. The number of ether oxygens (including phenoxy) is 8. The lowest BCUT2D eigenvalue weighted by Crippen LogP contribution is -2.36. The summed E-state index contributed by atoms with van der Waals surface area (Å²) in [5, 5.41) is 0. The molecule has 0 aromatic heterocycles. The molecule has 0 bridgehead atoms. The van der Waals surface area contributed by atoms with Crippen LogP contribution >= 0.6 is 0 Å². The van der Waals surface area contributed by atoms with Crippen molar-refractivity contribution in [2.24, 2.45) is 0 Å². The van der Waals surface area contributed by atoms with Gasteiger partial charge in [0.2, 0.25) is 11.5 Å². The minimum absolute atomic E-state index is 0.0711. The van der Waals surface area contributed by atoms with Gasteiger partial charge in [-0.1, -0.05) is 12.1 Å². The fourth-order valence-corrected chi connectivity index (χ4v) is 8.33. The van der Waals surface area contributed by atoms with E-state index in [2.05, 4.69) is 48.2 Å². The van der Waals surface area contributed by atoms with Crippen molar-refractivity contribution in [1.29, 1.82) is 0 Å². The fraction of sp³-hybridized carbons (Fsp3) is 0.415. The Bertz CT molecular complexity index is 1940. The van der Waals surface area contributed by atoms with E-state index < -0.39 is 0 Å². The van der Waals surface area contributed by atoms with E-state index in [4.69, 9.17) is 37.9 Å². The van der Waals surface area contributed by atoms with Gasteiger partial charge in [-0.25, -0.2) is 0 Å². The number of hydrogen-bond donors (Lipinski definition) is 0. The van der Waals surface area contributed by atoms with Crippen molar-refractivity contribution in [1.82, 2.24) is 9.80 Å². The predicted molar refractivity (Wildman–Crippen MR) is 196 cm³/mol. The first-order chi connectivity index (χ1) is 24.8. The van der Waals surface area contributed by atoms with Gasteiger partial charge in [-0.2, -0.15) is 0 Å². The number of nitrogens with zero attached hydrogens (tertiary/aromatic N) is 2. The van der Waals surface area contributed by atoms with Gasteiger partial charge in [0.1, 0.15) is 5.75 Å². The molecule has 0 N–H and O–H groups in total. The highest BCUT2D eigenvalue weighted by atomic mass is 16.5. The smallest absolute Gasteiger partial charge is 0.204 e. The zero-order valence-corrected chi connectivity index (χ0v) is 31.1. The van der Waals surface area contributed by atoms with Crippen LogP contribution in [0.2, 0.25) is 0 Å². The fourth-order valence-electron chi connectivity index (χ4n) is 8.33. The molecular weight excluding hydrogens is 648 g/mol. The second-order valence-electron chi connectivity index (χ2n) is 13.4. The van der Waals surface area contributed by atoms with Crippen LogP contribution in [-0.4, -0.2) is 86.8 Å². The average Bonchev–Trinajstić information content (AvgIpc) is 3.16. The van der Waals surface area contributed by atoms with E-state index in [-0.39, 0.29) is 12.1 Å². The first kappa shape index (κ1) is 34.6. The maximum atomic E-state index is 6.82. The predicted octanol–water partition coefficient (Wildman–Crippen LogP) is 7.06. The number of methoxy groups -OCH3 is 7. The first-order valence-corrected chi connectivity index (χ1v) is 17.3. The monoisotopic (exact) mass is 696 g/mol. The molecule has 0 amide bonds. The van der Waals surface area contributed by atoms with Crippen LogP contribution in [0.4, 0.5) is 0 Å². The summed E-state index contributed by atoms with van der Waals surface area (Å²) in [6, 6.07) is 14.9. The molecule has 0 fully saturated rings. The summed E-state index contributed by atoms with van der Waals surface area (Å²) in [5.74, 6) is 5.92. The molecule has 0 unspecified atom stereocenters. The van der Waals surface area contributed by atoms with Gasteiger partial charge < -0.3 is 37.9 Å². The Hall–Kier alpha value is -4.80.